The molecular formula is C7H7Cl4P. The van der Waals surface area contributed by atoms with Crippen LogP contribution in [-0.2, 0) is 0 Å². The zero-order chi connectivity index (χ0) is 9.43. The van der Waals surface area contributed by atoms with Gasteiger partial charge in [0.15, 0.2) is 0 Å². The molecular weight excluding hydrogens is 257 g/mol. The van der Waals surface area contributed by atoms with Crippen molar-refractivity contribution in [1.82, 2.24) is 0 Å². The summed E-state index contributed by atoms with van der Waals surface area (Å²) in [7, 11) is 0. The second kappa shape index (κ2) is 3.19. The van der Waals surface area contributed by atoms with Crippen molar-refractivity contribution in [2.45, 2.75) is 6.92 Å². The molecule has 0 aliphatic rings. The SMILES string of the molecule is Cc1ccc(P(Cl)(Cl)(Cl)Cl)cc1. The number of hydrogen-bond acceptors (Lipinski definition) is 0. The van der Waals surface area contributed by atoms with Gasteiger partial charge in [-0.2, -0.15) is 0 Å². The van der Waals surface area contributed by atoms with Crippen LogP contribution in [0, 0.1) is 6.92 Å². The summed E-state index contributed by atoms with van der Waals surface area (Å²) in [6, 6.07) is 7.22. The minimum atomic E-state index is -3.63. The maximum atomic E-state index is 5.79. The van der Waals surface area contributed by atoms with Crippen LogP contribution in [0.3, 0.4) is 0 Å². The van der Waals surface area contributed by atoms with E-state index in [9.17, 15) is 0 Å². The molecule has 0 atom stereocenters. The quantitative estimate of drug-likeness (QED) is 0.639. The molecule has 12 heavy (non-hydrogen) atoms. The fourth-order valence-electron chi connectivity index (χ4n) is 0.770. The molecule has 1 aromatic carbocycles. The van der Waals surface area contributed by atoms with E-state index in [0.29, 0.717) is 5.30 Å². The standard InChI is InChI=1S/C7H7Cl4P/c1-6-2-4-7(5-3-6)12(8,9,10)11/h2-5H,1H3. The monoisotopic (exact) mass is 262 g/mol. The van der Waals surface area contributed by atoms with Crippen molar-refractivity contribution < 1.29 is 0 Å². The maximum absolute atomic E-state index is 5.79. The van der Waals surface area contributed by atoms with Gasteiger partial charge in [-0.15, -0.1) is 0 Å². The van der Waals surface area contributed by atoms with Crippen LogP contribution in [0.1, 0.15) is 5.56 Å². The molecule has 0 aromatic heterocycles. The van der Waals surface area contributed by atoms with Crippen LogP contribution in [-0.4, -0.2) is 0 Å². The minimum absolute atomic E-state index is 0.582. The topological polar surface area (TPSA) is 0 Å². The summed E-state index contributed by atoms with van der Waals surface area (Å²) in [5.74, 6) is 0. The number of rotatable bonds is 1. The van der Waals surface area contributed by atoms with Crippen LogP contribution >= 0.6 is 49.0 Å². The molecule has 0 aliphatic carbocycles. The summed E-state index contributed by atoms with van der Waals surface area (Å²) in [5.41, 5.74) is 1.11. The molecule has 0 amide bonds. The van der Waals surface area contributed by atoms with Gasteiger partial charge in [0.25, 0.3) is 0 Å². The summed E-state index contributed by atoms with van der Waals surface area (Å²) in [6.45, 7) is 1.96. The molecule has 0 saturated heterocycles. The second-order valence-electron chi connectivity index (χ2n) is 2.56. The average Bonchev–Trinajstić information content (AvgIpc) is 1.84. The van der Waals surface area contributed by atoms with Gasteiger partial charge < -0.3 is 0 Å². The molecule has 0 unspecified atom stereocenters. The Balaban J connectivity index is 3.15. The summed E-state index contributed by atoms with van der Waals surface area (Å²) in [6.07, 6.45) is 0. The summed E-state index contributed by atoms with van der Waals surface area (Å²) in [5, 5.41) is 0.582. The zero-order valence-corrected chi connectivity index (χ0v) is 10.2. The van der Waals surface area contributed by atoms with Gasteiger partial charge in [0.2, 0.25) is 0 Å². The van der Waals surface area contributed by atoms with E-state index in [4.69, 9.17) is 45.0 Å². The van der Waals surface area contributed by atoms with E-state index >= 15 is 0 Å². The Morgan fingerprint density at radius 3 is 1.67 bits per heavy atom. The van der Waals surface area contributed by atoms with Gasteiger partial charge in [-0.05, 0) is 0 Å². The first-order valence-corrected chi connectivity index (χ1v) is 9.08. The molecule has 0 fully saturated rings. The normalized spacial score (nSPS) is 15.2. The Hall–Kier alpha value is 0.810. The average molecular weight is 264 g/mol. The van der Waals surface area contributed by atoms with E-state index in [0.717, 1.165) is 5.56 Å². The Bertz CT molecular complexity index is 275. The third kappa shape index (κ3) is 2.94. The van der Waals surface area contributed by atoms with E-state index in [2.05, 4.69) is 0 Å². The zero-order valence-electron chi connectivity index (χ0n) is 6.27. The van der Waals surface area contributed by atoms with Crippen molar-refractivity contribution in [2.75, 3.05) is 0 Å². The fourth-order valence-corrected chi connectivity index (χ4v) is 2.72. The second-order valence-corrected chi connectivity index (χ2v) is 15.7. The Morgan fingerprint density at radius 1 is 0.917 bits per heavy atom. The van der Waals surface area contributed by atoms with Crippen molar-refractivity contribution in [3.8, 4) is 0 Å². The van der Waals surface area contributed by atoms with E-state index in [-0.39, 0.29) is 0 Å². The van der Waals surface area contributed by atoms with E-state index < -0.39 is 4.01 Å². The van der Waals surface area contributed by atoms with Gasteiger partial charge in [-0.1, -0.05) is 0 Å². The molecule has 5 heteroatoms. The van der Waals surface area contributed by atoms with Crippen LogP contribution in [0.4, 0.5) is 0 Å². The molecule has 1 rings (SSSR count). The van der Waals surface area contributed by atoms with Crippen molar-refractivity contribution in [3.05, 3.63) is 29.8 Å². The molecule has 0 aliphatic heterocycles. The number of aryl methyl sites for hydroxylation is 1. The molecule has 0 saturated carbocycles. The van der Waals surface area contributed by atoms with Gasteiger partial charge in [-0.3, -0.25) is 0 Å². The molecule has 1 aromatic rings. The van der Waals surface area contributed by atoms with Gasteiger partial charge in [-0.25, -0.2) is 0 Å². The third-order valence-corrected chi connectivity index (χ3v) is 4.85. The fraction of sp³-hybridized carbons (Fsp3) is 0.143. The molecule has 0 nitrogen and oxygen atoms in total. The van der Waals surface area contributed by atoms with E-state index in [1.54, 1.807) is 12.1 Å². The Labute approximate surface area is 90.8 Å². The number of hydrogen-bond donors (Lipinski definition) is 0. The van der Waals surface area contributed by atoms with E-state index in [1.165, 1.54) is 0 Å². The predicted octanol–water partition coefficient (Wildman–Crippen LogP) is 4.79. The molecule has 68 valence electrons. The predicted molar refractivity (Wildman–Crippen MR) is 61.1 cm³/mol. The first-order valence-electron chi connectivity index (χ1n) is 3.22. The molecule has 0 bridgehead atoms. The van der Waals surface area contributed by atoms with Crippen molar-refractivity contribution in [2.24, 2.45) is 0 Å². The van der Waals surface area contributed by atoms with Crippen molar-refractivity contribution in [1.29, 1.82) is 0 Å². The first-order chi connectivity index (χ1) is 5.26. The summed E-state index contributed by atoms with van der Waals surface area (Å²) >= 11 is 23.2. The molecule has 0 spiro atoms. The van der Waals surface area contributed by atoms with Crippen molar-refractivity contribution >= 4 is 54.3 Å². The molecule has 0 heterocycles. The van der Waals surface area contributed by atoms with Gasteiger partial charge >= 0.3 is 91.0 Å². The van der Waals surface area contributed by atoms with Gasteiger partial charge in [0.1, 0.15) is 0 Å². The van der Waals surface area contributed by atoms with Crippen molar-refractivity contribution in [3.63, 3.8) is 0 Å². The number of halogens is 4. The van der Waals surface area contributed by atoms with Gasteiger partial charge in [0.05, 0.1) is 0 Å². The van der Waals surface area contributed by atoms with Gasteiger partial charge in [0, 0.05) is 0 Å². The van der Waals surface area contributed by atoms with Crippen LogP contribution < -0.4 is 5.30 Å². The molecule has 0 radical (unpaired) electrons. The van der Waals surface area contributed by atoms with Crippen LogP contribution in [0.5, 0.6) is 0 Å². The Kier molecular flexibility index (Phi) is 2.89. The van der Waals surface area contributed by atoms with Crippen LogP contribution in [0.2, 0.25) is 0 Å². The summed E-state index contributed by atoms with van der Waals surface area (Å²) in [4.78, 5) is 0. The van der Waals surface area contributed by atoms with Crippen LogP contribution in [0.15, 0.2) is 24.3 Å². The Morgan fingerprint density at radius 2 is 1.33 bits per heavy atom. The third-order valence-electron chi connectivity index (χ3n) is 1.42. The van der Waals surface area contributed by atoms with E-state index in [1.807, 2.05) is 19.1 Å². The molecule has 0 N–H and O–H groups in total. The first kappa shape index (κ1) is 10.9. The number of benzene rings is 1. The van der Waals surface area contributed by atoms with Crippen LogP contribution in [0.25, 0.3) is 0 Å². The summed E-state index contributed by atoms with van der Waals surface area (Å²) < 4.78 is -3.63.